The van der Waals surface area contributed by atoms with Crippen molar-refractivity contribution in [2.75, 3.05) is 13.1 Å². The minimum Gasteiger partial charge on any atom is -0.391 e. The third-order valence-electron chi connectivity index (χ3n) is 5.30. The van der Waals surface area contributed by atoms with Gasteiger partial charge in [0.2, 0.25) is 0 Å². The Hall–Kier alpha value is -0.0800. The molecular formula is C18H35NO. The Bertz CT molecular complexity index is 236. The molecule has 0 spiro atoms. The quantitative estimate of drug-likeness (QED) is 0.764. The van der Waals surface area contributed by atoms with Gasteiger partial charge in [0.15, 0.2) is 0 Å². The lowest BCUT2D eigenvalue weighted by molar-refractivity contribution is 0.0367. The van der Waals surface area contributed by atoms with E-state index in [1.807, 2.05) is 0 Å². The summed E-state index contributed by atoms with van der Waals surface area (Å²) < 4.78 is 0. The van der Waals surface area contributed by atoms with E-state index in [1.54, 1.807) is 0 Å². The first-order chi connectivity index (χ1) is 9.88. The van der Waals surface area contributed by atoms with Crippen LogP contribution in [0.5, 0.6) is 0 Å². The second-order valence-corrected chi connectivity index (χ2v) is 6.99. The maximum atomic E-state index is 10.7. The van der Waals surface area contributed by atoms with Crippen LogP contribution in [0.25, 0.3) is 0 Å². The van der Waals surface area contributed by atoms with Crippen molar-refractivity contribution in [2.45, 2.75) is 102 Å². The Kier molecular flexibility index (Phi) is 7.97. The van der Waals surface area contributed by atoms with E-state index < -0.39 is 0 Å². The molecule has 0 bridgehead atoms. The molecule has 1 aliphatic heterocycles. The van der Waals surface area contributed by atoms with Gasteiger partial charge in [-0.1, -0.05) is 64.2 Å². The van der Waals surface area contributed by atoms with E-state index in [-0.39, 0.29) is 6.10 Å². The van der Waals surface area contributed by atoms with Gasteiger partial charge in [0.1, 0.15) is 0 Å². The molecule has 20 heavy (non-hydrogen) atoms. The molecular weight excluding hydrogens is 246 g/mol. The van der Waals surface area contributed by atoms with Gasteiger partial charge in [0, 0.05) is 6.04 Å². The molecule has 1 aliphatic carbocycles. The van der Waals surface area contributed by atoms with Crippen molar-refractivity contribution in [3.8, 4) is 0 Å². The first kappa shape index (κ1) is 16.3. The van der Waals surface area contributed by atoms with E-state index >= 15 is 0 Å². The Balaban J connectivity index is 1.89. The second kappa shape index (κ2) is 9.78. The number of nitrogens with zero attached hydrogens (tertiary/aromatic N) is 1. The van der Waals surface area contributed by atoms with Crippen LogP contribution in [0.3, 0.4) is 0 Å². The Labute approximate surface area is 125 Å². The summed E-state index contributed by atoms with van der Waals surface area (Å²) in [5.41, 5.74) is 0. The van der Waals surface area contributed by atoms with Gasteiger partial charge in [-0.15, -0.1) is 0 Å². The fraction of sp³-hybridized carbons (Fsp3) is 1.00. The van der Waals surface area contributed by atoms with Crippen LogP contribution in [0.4, 0.5) is 0 Å². The van der Waals surface area contributed by atoms with E-state index in [9.17, 15) is 5.11 Å². The summed E-state index contributed by atoms with van der Waals surface area (Å²) >= 11 is 0. The van der Waals surface area contributed by atoms with E-state index in [4.69, 9.17) is 0 Å². The van der Waals surface area contributed by atoms with Crippen LogP contribution < -0.4 is 0 Å². The van der Waals surface area contributed by atoms with Gasteiger partial charge in [-0.05, 0) is 38.8 Å². The predicted molar refractivity (Wildman–Crippen MR) is 86.0 cm³/mol. The molecule has 2 nitrogen and oxygen atoms in total. The van der Waals surface area contributed by atoms with Gasteiger partial charge in [0.05, 0.1) is 6.10 Å². The topological polar surface area (TPSA) is 23.5 Å². The maximum Gasteiger partial charge on any atom is 0.0695 e. The van der Waals surface area contributed by atoms with Crippen LogP contribution in [0.1, 0.15) is 89.9 Å². The SMILES string of the molecule is OC1CCCCCCCCCCC1N1CCCCCC1. The highest BCUT2D eigenvalue weighted by Crippen LogP contribution is 2.23. The molecule has 2 unspecified atom stereocenters. The third kappa shape index (κ3) is 5.73. The maximum absolute atomic E-state index is 10.7. The lowest BCUT2D eigenvalue weighted by Crippen LogP contribution is -2.44. The summed E-state index contributed by atoms with van der Waals surface area (Å²) in [7, 11) is 0. The van der Waals surface area contributed by atoms with Crippen molar-refractivity contribution in [1.82, 2.24) is 4.90 Å². The minimum absolute atomic E-state index is 0.0764. The smallest absolute Gasteiger partial charge is 0.0695 e. The Morgan fingerprint density at radius 3 is 1.60 bits per heavy atom. The molecule has 2 atom stereocenters. The normalized spacial score (nSPS) is 32.9. The third-order valence-corrected chi connectivity index (χ3v) is 5.30. The van der Waals surface area contributed by atoms with Crippen molar-refractivity contribution >= 4 is 0 Å². The van der Waals surface area contributed by atoms with Gasteiger partial charge < -0.3 is 5.11 Å². The zero-order valence-electron chi connectivity index (χ0n) is 13.4. The first-order valence-corrected chi connectivity index (χ1v) is 9.30. The zero-order valence-corrected chi connectivity index (χ0v) is 13.4. The Morgan fingerprint density at radius 1 is 0.550 bits per heavy atom. The zero-order chi connectivity index (χ0) is 14.0. The number of aliphatic hydroxyl groups excluding tert-OH is 1. The van der Waals surface area contributed by atoms with Crippen LogP contribution in [0.2, 0.25) is 0 Å². The largest absolute Gasteiger partial charge is 0.391 e. The van der Waals surface area contributed by atoms with Crippen molar-refractivity contribution in [3.05, 3.63) is 0 Å². The molecule has 1 N–H and O–H groups in total. The summed E-state index contributed by atoms with van der Waals surface area (Å²) in [4.78, 5) is 2.63. The molecule has 1 heterocycles. The molecule has 118 valence electrons. The summed E-state index contributed by atoms with van der Waals surface area (Å²) in [5.74, 6) is 0. The Morgan fingerprint density at radius 2 is 1.00 bits per heavy atom. The summed E-state index contributed by atoms with van der Waals surface area (Å²) in [6, 6.07) is 0.451. The number of hydrogen-bond acceptors (Lipinski definition) is 2. The van der Waals surface area contributed by atoms with Gasteiger partial charge in [-0.2, -0.15) is 0 Å². The minimum atomic E-state index is -0.0764. The molecule has 2 fully saturated rings. The summed E-state index contributed by atoms with van der Waals surface area (Å²) in [5, 5.41) is 10.7. The van der Waals surface area contributed by atoms with Crippen molar-refractivity contribution in [1.29, 1.82) is 0 Å². The van der Waals surface area contributed by atoms with Crippen molar-refractivity contribution in [3.63, 3.8) is 0 Å². The number of rotatable bonds is 1. The summed E-state index contributed by atoms with van der Waals surface area (Å²) in [6.07, 6.45) is 18.5. The molecule has 1 saturated carbocycles. The molecule has 0 aromatic carbocycles. The standard InChI is InChI=1S/C18H35NO/c20-18-14-10-6-4-2-1-3-5-9-13-17(18)19-15-11-7-8-12-16-19/h17-18,20H,1-16H2. The van der Waals surface area contributed by atoms with Crippen LogP contribution >= 0.6 is 0 Å². The van der Waals surface area contributed by atoms with Gasteiger partial charge in [-0.25, -0.2) is 0 Å². The van der Waals surface area contributed by atoms with Crippen molar-refractivity contribution in [2.24, 2.45) is 0 Å². The van der Waals surface area contributed by atoms with E-state index in [2.05, 4.69) is 4.90 Å². The lowest BCUT2D eigenvalue weighted by Gasteiger charge is -2.34. The molecule has 0 amide bonds. The van der Waals surface area contributed by atoms with Crippen LogP contribution in [-0.4, -0.2) is 35.2 Å². The molecule has 0 aromatic heterocycles. The monoisotopic (exact) mass is 281 g/mol. The first-order valence-electron chi connectivity index (χ1n) is 9.30. The number of hydrogen-bond donors (Lipinski definition) is 1. The van der Waals surface area contributed by atoms with Gasteiger partial charge >= 0.3 is 0 Å². The molecule has 0 radical (unpaired) electrons. The lowest BCUT2D eigenvalue weighted by atomic mass is 9.94. The molecule has 1 saturated heterocycles. The highest BCUT2D eigenvalue weighted by Gasteiger charge is 2.26. The second-order valence-electron chi connectivity index (χ2n) is 6.99. The highest BCUT2D eigenvalue weighted by molar-refractivity contribution is 4.81. The van der Waals surface area contributed by atoms with Crippen molar-refractivity contribution < 1.29 is 5.11 Å². The average molecular weight is 281 g/mol. The molecule has 2 aliphatic rings. The molecule has 0 aromatic rings. The van der Waals surface area contributed by atoms with E-state index in [0.29, 0.717) is 6.04 Å². The fourth-order valence-corrected chi connectivity index (χ4v) is 4.01. The molecule has 2 rings (SSSR count). The number of aliphatic hydroxyl groups is 1. The fourth-order valence-electron chi connectivity index (χ4n) is 4.01. The number of likely N-dealkylation sites (tertiary alicyclic amines) is 1. The van der Waals surface area contributed by atoms with E-state index in [1.165, 1.54) is 96.6 Å². The van der Waals surface area contributed by atoms with Crippen LogP contribution in [-0.2, 0) is 0 Å². The van der Waals surface area contributed by atoms with Crippen LogP contribution in [0.15, 0.2) is 0 Å². The van der Waals surface area contributed by atoms with Crippen LogP contribution in [0, 0.1) is 0 Å². The highest BCUT2D eigenvalue weighted by atomic mass is 16.3. The predicted octanol–water partition coefficient (Wildman–Crippen LogP) is 4.51. The van der Waals surface area contributed by atoms with Gasteiger partial charge in [-0.3, -0.25) is 4.90 Å². The average Bonchev–Trinajstić information content (AvgIpc) is 2.72. The van der Waals surface area contributed by atoms with Gasteiger partial charge in [0.25, 0.3) is 0 Å². The molecule has 2 heteroatoms. The summed E-state index contributed by atoms with van der Waals surface area (Å²) in [6.45, 7) is 2.45. The van der Waals surface area contributed by atoms with E-state index in [0.717, 1.165) is 6.42 Å².